The molecule has 68 valence electrons. The van der Waals surface area contributed by atoms with Crippen molar-refractivity contribution in [2.75, 3.05) is 0 Å². The second kappa shape index (κ2) is 2.23. The van der Waals surface area contributed by atoms with Gasteiger partial charge in [-0.25, -0.2) is 9.59 Å². The van der Waals surface area contributed by atoms with Gasteiger partial charge in [-0.2, -0.15) is 0 Å². The molecule has 4 nitrogen and oxygen atoms in total. The van der Waals surface area contributed by atoms with Gasteiger partial charge in [0, 0.05) is 22.6 Å². The lowest BCUT2D eigenvalue weighted by Crippen LogP contribution is -2.08. The zero-order valence-electron chi connectivity index (χ0n) is 6.94. The average Bonchev–Trinajstić information content (AvgIpc) is 2.59. The third-order valence-electron chi connectivity index (χ3n) is 2.11. The monoisotopic (exact) mass is 188 g/mol. The van der Waals surface area contributed by atoms with Crippen LogP contribution < -0.4 is 19.9 Å². The van der Waals surface area contributed by atoms with Gasteiger partial charge in [0.1, 0.15) is 11.5 Å². The number of hydrogen-bond acceptors (Lipinski definition) is 4. The lowest BCUT2D eigenvalue weighted by atomic mass is 10.2. The molecule has 2 heterocycles. The first-order valence-corrected chi connectivity index (χ1v) is 4.03. The summed E-state index contributed by atoms with van der Waals surface area (Å²) in [5.41, 5.74) is 0. The molecule has 0 unspecified atom stereocenters. The molecular formula is C10H4O4. The molecule has 0 N–H and O–H groups in total. The van der Waals surface area contributed by atoms with Crippen LogP contribution in [0.2, 0.25) is 0 Å². The largest absolute Gasteiger partial charge is 0.423 e. The van der Waals surface area contributed by atoms with Gasteiger partial charge in [0.05, 0.1) is 0 Å². The molecule has 2 aliphatic heterocycles. The maximum Gasteiger partial charge on any atom is 0.336 e. The molecule has 3 rings (SSSR count). The molecule has 0 radical (unpaired) electrons. The molecule has 0 saturated carbocycles. The molecule has 0 amide bonds. The van der Waals surface area contributed by atoms with Gasteiger partial charge < -0.3 is 9.47 Å². The molecule has 0 aliphatic carbocycles. The summed E-state index contributed by atoms with van der Waals surface area (Å²) in [5, 5.41) is 1.30. The second-order valence-electron chi connectivity index (χ2n) is 3.06. The van der Waals surface area contributed by atoms with Crippen molar-refractivity contribution < 1.29 is 19.1 Å². The highest BCUT2D eigenvalue weighted by molar-refractivity contribution is 6.06. The number of esters is 2. The van der Waals surface area contributed by atoms with Crippen LogP contribution in [0, 0.1) is 0 Å². The molecule has 0 fully saturated rings. The minimum atomic E-state index is -0.394. The third kappa shape index (κ3) is 0.877. The summed E-state index contributed by atoms with van der Waals surface area (Å²) in [7, 11) is 0. The third-order valence-corrected chi connectivity index (χ3v) is 2.11. The van der Waals surface area contributed by atoms with Crippen LogP contribution >= 0.6 is 0 Å². The maximum atomic E-state index is 10.9. The molecule has 0 atom stereocenters. The maximum absolute atomic E-state index is 10.9. The lowest BCUT2D eigenvalue weighted by molar-refractivity contribution is -0.127. The van der Waals surface area contributed by atoms with Crippen LogP contribution in [-0.2, 0) is 9.59 Å². The first-order valence-electron chi connectivity index (χ1n) is 4.03. The average molecular weight is 188 g/mol. The van der Waals surface area contributed by atoms with Crippen molar-refractivity contribution in [1.29, 1.82) is 0 Å². The Balaban J connectivity index is 2.33. The molecule has 14 heavy (non-hydrogen) atoms. The van der Waals surface area contributed by atoms with Crippen LogP contribution in [0.25, 0.3) is 12.2 Å². The van der Waals surface area contributed by atoms with Gasteiger partial charge in [-0.3, -0.25) is 0 Å². The van der Waals surface area contributed by atoms with Crippen molar-refractivity contribution in [2.24, 2.45) is 0 Å². The van der Waals surface area contributed by atoms with Crippen molar-refractivity contribution in [3.05, 3.63) is 22.6 Å². The molecule has 0 aromatic heterocycles. The Morgan fingerprint density at radius 2 is 1.21 bits per heavy atom. The predicted octanol–water partition coefficient (Wildman–Crippen LogP) is -0.914. The summed E-state index contributed by atoms with van der Waals surface area (Å²) in [5.74, 6) is 0.164. The van der Waals surface area contributed by atoms with E-state index in [-0.39, 0.29) is 0 Å². The highest BCUT2D eigenvalue weighted by atomic mass is 16.5. The van der Waals surface area contributed by atoms with Crippen molar-refractivity contribution in [2.45, 2.75) is 0 Å². The summed E-state index contributed by atoms with van der Waals surface area (Å²) in [4.78, 5) is 21.8. The van der Waals surface area contributed by atoms with E-state index in [2.05, 4.69) is 0 Å². The van der Waals surface area contributed by atoms with E-state index in [9.17, 15) is 9.59 Å². The molecule has 0 bridgehead atoms. The Morgan fingerprint density at radius 1 is 0.786 bits per heavy atom. The molecule has 1 aromatic carbocycles. The highest BCUT2D eigenvalue weighted by Gasteiger charge is 2.18. The predicted molar refractivity (Wildman–Crippen MR) is 45.9 cm³/mol. The standard InChI is InChI=1S/C10H4O4/c11-9-3-5-1-7-6(2-8(5)14-9)4-10(12)13-7/h1-4H. The topological polar surface area (TPSA) is 52.6 Å². The molecule has 2 aliphatic rings. The minimum absolute atomic E-state index is 0.394. The fourth-order valence-electron chi connectivity index (χ4n) is 1.52. The van der Waals surface area contributed by atoms with Crippen LogP contribution in [0.4, 0.5) is 0 Å². The SMILES string of the molecule is O=C1C=c2cc3c(cc2O1)=CC(=O)O3. The van der Waals surface area contributed by atoms with Crippen LogP contribution in [0.1, 0.15) is 0 Å². The van der Waals surface area contributed by atoms with Gasteiger partial charge in [0.25, 0.3) is 0 Å². The zero-order valence-corrected chi connectivity index (χ0v) is 6.94. The number of benzene rings is 1. The fraction of sp³-hybridized carbons (Fsp3) is 0. The van der Waals surface area contributed by atoms with E-state index in [1.165, 1.54) is 12.2 Å². The van der Waals surface area contributed by atoms with E-state index >= 15 is 0 Å². The number of carbonyl (C=O) groups excluding carboxylic acids is 2. The molecule has 0 saturated heterocycles. The smallest absolute Gasteiger partial charge is 0.336 e. The van der Waals surface area contributed by atoms with Crippen LogP contribution in [0.15, 0.2) is 12.1 Å². The van der Waals surface area contributed by atoms with E-state index < -0.39 is 11.9 Å². The van der Waals surface area contributed by atoms with E-state index in [0.29, 0.717) is 21.9 Å². The van der Waals surface area contributed by atoms with Gasteiger partial charge in [-0.15, -0.1) is 0 Å². The Morgan fingerprint density at radius 3 is 1.64 bits per heavy atom. The fourth-order valence-corrected chi connectivity index (χ4v) is 1.52. The number of ether oxygens (including phenoxy) is 2. The van der Waals surface area contributed by atoms with Crippen molar-refractivity contribution in [3.8, 4) is 11.5 Å². The van der Waals surface area contributed by atoms with Crippen LogP contribution in [0.3, 0.4) is 0 Å². The van der Waals surface area contributed by atoms with E-state index in [1.54, 1.807) is 12.1 Å². The molecule has 0 spiro atoms. The van der Waals surface area contributed by atoms with E-state index in [1.807, 2.05) is 0 Å². The zero-order chi connectivity index (χ0) is 9.71. The summed E-state index contributed by atoms with van der Waals surface area (Å²) in [6.07, 6.45) is 2.73. The number of carbonyl (C=O) groups is 2. The van der Waals surface area contributed by atoms with Crippen molar-refractivity contribution >= 4 is 24.1 Å². The van der Waals surface area contributed by atoms with Crippen molar-refractivity contribution in [1.82, 2.24) is 0 Å². The van der Waals surface area contributed by atoms with Crippen LogP contribution in [0.5, 0.6) is 11.5 Å². The molecule has 1 aromatic rings. The van der Waals surface area contributed by atoms with Gasteiger partial charge in [0.15, 0.2) is 0 Å². The Labute approximate surface area is 78.1 Å². The van der Waals surface area contributed by atoms with E-state index in [4.69, 9.17) is 9.47 Å². The quantitative estimate of drug-likeness (QED) is 0.390. The van der Waals surface area contributed by atoms with E-state index in [0.717, 1.165) is 0 Å². The highest BCUT2D eigenvalue weighted by Crippen LogP contribution is 2.14. The Hall–Kier alpha value is -2.10. The lowest BCUT2D eigenvalue weighted by Gasteiger charge is -1.97. The van der Waals surface area contributed by atoms with Gasteiger partial charge >= 0.3 is 11.9 Å². The first-order chi connectivity index (χ1) is 6.72. The van der Waals surface area contributed by atoms with Gasteiger partial charge in [-0.1, -0.05) is 0 Å². The number of hydrogen-bond donors (Lipinski definition) is 0. The first kappa shape index (κ1) is 7.32. The van der Waals surface area contributed by atoms with Gasteiger partial charge in [-0.05, 0) is 12.1 Å². The minimum Gasteiger partial charge on any atom is -0.423 e. The van der Waals surface area contributed by atoms with Crippen LogP contribution in [-0.4, -0.2) is 11.9 Å². The number of fused-ring (bicyclic) bond motifs is 2. The molecule has 4 heteroatoms. The second-order valence-corrected chi connectivity index (χ2v) is 3.06. The summed E-state index contributed by atoms with van der Waals surface area (Å²) in [6, 6.07) is 3.24. The normalized spacial score (nSPS) is 16.3. The Kier molecular flexibility index (Phi) is 1.16. The molecular weight excluding hydrogens is 184 g/mol. The summed E-state index contributed by atoms with van der Waals surface area (Å²) >= 11 is 0. The summed E-state index contributed by atoms with van der Waals surface area (Å²) < 4.78 is 9.77. The Bertz CT molecular complexity index is 529. The summed E-state index contributed by atoms with van der Waals surface area (Å²) in [6.45, 7) is 0. The number of rotatable bonds is 0. The van der Waals surface area contributed by atoms with Crippen molar-refractivity contribution in [3.63, 3.8) is 0 Å². The van der Waals surface area contributed by atoms with Gasteiger partial charge in [0.2, 0.25) is 0 Å².